The van der Waals surface area contributed by atoms with Crippen LogP contribution in [0, 0.1) is 11.7 Å². The molecule has 0 aliphatic carbocycles. The summed E-state index contributed by atoms with van der Waals surface area (Å²) in [4.78, 5) is 23.9. The van der Waals surface area contributed by atoms with E-state index in [1.54, 1.807) is 32.0 Å². The Morgan fingerprint density at radius 3 is 2.56 bits per heavy atom. The van der Waals surface area contributed by atoms with Crippen molar-refractivity contribution >= 4 is 21.9 Å². The summed E-state index contributed by atoms with van der Waals surface area (Å²) in [6, 6.07) is 8.70. The highest BCUT2D eigenvalue weighted by atomic mass is 32.2. The largest absolute Gasteiger partial charge is 0.454 e. The first kappa shape index (κ1) is 23.5. The van der Waals surface area contributed by atoms with Crippen LogP contribution < -0.4 is 19.5 Å². The maximum Gasteiger partial charge on any atom is 0.324 e. The maximum absolute atomic E-state index is 13.9. The van der Waals surface area contributed by atoms with Crippen LogP contribution in [0.25, 0.3) is 0 Å². The topological polar surface area (TPSA) is 120 Å². The molecule has 1 atom stereocenters. The highest BCUT2D eigenvalue weighted by Gasteiger charge is 2.31. The van der Waals surface area contributed by atoms with Gasteiger partial charge < -0.3 is 19.5 Å². The number of hydrogen-bond donors (Lipinski definition) is 2. The smallest absolute Gasteiger partial charge is 0.324 e. The Labute approximate surface area is 184 Å². The highest BCUT2D eigenvalue weighted by Crippen LogP contribution is 2.32. The van der Waals surface area contributed by atoms with Crippen molar-refractivity contribution < 1.29 is 36.6 Å². The molecule has 0 spiro atoms. The average molecular weight is 466 g/mol. The standard InChI is InChI=1S/C21H23FN2O7S/c1-13(2)20(24-32(27,28)18-6-4-3-5-15(18)22)21(26)29-11-19(25)23-10-14-7-8-16-17(9-14)31-12-30-16/h3-9,13,20,24H,10-12H2,1-2H3,(H,23,25). The SMILES string of the molecule is CC(C)C(NS(=O)(=O)c1ccccc1F)C(=O)OCC(=O)NCc1ccc2c(c1)OCO2. The second kappa shape index (κ2) is 9.96. The Morgan fingerprint density at radius 1 is 1.12 bits per heavy atom. The molecule has 9 nitrogen and oxygen atoms in total. The van der Waals surface area contributed by atoms with Crippen molar-refractivity contribution in [2.24, 2.45) is 5.92 Å². The molecule has 2 aromatic carbocycles. The van der Waals surface area contributed by atoms with Gasteiger partial charge in [0.25, 0.3) is 5.91 Å². The molecule has 1 aliphatic heterocycles. The minimum absolute atomic E-state index is 0.138. The van der Waals surface area contributed by atoms with Crippen LogP contribution in [0.4, 0.5) is 4.39 Å². The van der Waals surface area contributed by atoms with Crippen molar-refractivity contribution in [2.75, 3.05) is 13.4 Å². The van der Waals surface area contributed by atoms with Gasteiger partial charge in [-0.25, -0.2) is 12.8 Å². The van der Waals surface area contributed by atoms with E-state index < -0.39 is 51.2 Å². The van der Waals surface area contributed by atoms with Crippen LogP contribution >= 0.6 is 0 Å². The molecule has 1 aliphatic rings. The summed E-state index contributed by atoms with van der Waals surface area (Å²) in [5.41, 5.74) is 0.756. The minimum Gasteiger partial charge on any atom is -0.454 e. The molecule has 0 saturated carbocycles. The Morgan fingerprint density at radius 2 is 1.84 bits per heavy atom. The molecule has 0 aromatic heterocycles. The summed E-state index contributed by atoms with van der Waals surface area (Å²) in [6.07, 6.45) is 0. The Bertz CT molecular complexity index is 1110. The summed E-state index contributed by atoms with van der Waals surface area (Å²) in [5.74, 6) is -1.79. The van der Waals surface area contributed by atoms with E-state index in [-0.39, 0.29) is 13.3 Å². The van der Waals surface area contributed by atoms with Gasteiger partial charge in [0.05, 0.1) is 0 Å². The zero-order valence-corrected chi connectivity index (χ0v) is 18.3. The first-order valence-electron chi connectivity index (χ1n) is 9.76. The van der Waals surface area contributed by atoms with E-state index in [0.29, 0.717) is 11.5 Å². The fourth-order valence-electron chi connectivity index (χ4n) is 2.88. The second-order valence-electron chi connectivity index (χ2n) is 7.35. The van der Waals surface area contributed by atoms with Gasteiger partial charge in [-0.3, -0.25) is 9.59 Å². The number of fused-ring (bicyclic) bond motifs is 1. The molecule has 1 amide bonds. The molecule has 32 heavy (non-hydrogen) atoms. The van der Waals surface area contributed by atoms with Crippen molar-refractivity contribution in [3.8, 4) is 11.5 Å². The number of benzene rings is 2. The van der Waals surface area contributed by atoms with Crippen LogP contribution in [0.5, 0.6) is 11.5 Å². The van der Waals surface area contributed by atoms with Crippen molar-refractivity contribution in [1.29, 1.82) is 0 Å². The third kappa shape index (κ3) is 5.74. The molecule has 1 unspecified atom stereocenters. The van der Waals surface area contributed by atoms with E-state index in [1.807, 2.05) is 0 Å². The van der Waals surface area contributed by atoms with E-state index in [0.717, 1.165) is 17.7 Å². The van der Waals surface area contributed by atoms with Gasteiger partial charge in [-0.15, -0.1) is 0 Å². The number of carbonyl (C=O) groups is 2. The number of carbonyl (C=O) groups excluding carboxylic acids is 2. The molecule has 3 rings (SSSR count). The number of esters is 1. The molecule has 1 heterocycles. The van der Waals surface area contributed by atoms with Gasteiger partial charge in [-0.1, -0.05) is 32.0 Å². The van der Waals surface area contributed by atoms with E-state index in [1.165, 1.54) is 12.1 Å². The van der Waals surface area contributed by atoms with Crippen LogP contribution in [-0.2, 0) is 30.9 Å². The molecule has 0 fully saturated rings. The molecule has 2 N–H and O–H groups in total. The average Bonchev–Trinajstić information content (AvgIpc) is 3.22. The van der Waals surface area contributed by atoms with Crippen molar-refractivity contribution in [3.63, 3.8) is 0 Å². The van der Waals surface area contributed by atoms with Gasteiger partial charge in [-0.2, -0.15) is 4.72 Å². The first-order chi connectivity index (χ1) is 15.2. The van der Waals surface area contributed by atoms with E-state index in [9.17, 15) is 22.4 Å². The zero-order valence-electron chi connectivity index (χ0n) is 17.5. The normalized spacial score (nSPS) is 13.6. The second-order valence-corrected chi connectivity index (χ2v) is 9.03. The molecule has 11 heteroatoms. The van der Waals surface area contributed by atoms with Gasteiger partial charge in [0, 0.05) is 6.54 Å². The Kier molecular flexibility index (Phi) is 7.31. The van der Waals surface area contributed by atoms with Gasteiger partial charge in [0.15, 0.2) is 18.1 Å². The van der Waals surface area contributed by atoms with Crippen molar-refractivity contribution in [3.05, 3.63) is 53.8 Å². The molecule has 0 radical (unpaired) electrons. The predicted molar refractivity (Wildman–Crippen MR) is 111 cm³/mol. The Hall–Kier alpha value is -3.18. The zero-order chi connectivity index (χ0) is 23.3. The molecule has 0 saturated heterocycles. The first-order valence-corrected chi connectivity index (χ1v) is 11.2. The monoisotopic (exact) mass is 466 g/mol. The molecule has 0 bridgehead atoms. The third-order valence-corrected chi connectivity index (χ3v) is 6.08. The number of nitrogens with one attached hydrogen (secondary N) is 2. The van der Waals surface area contributed by atoms with Crippen molar-refractivity contribution in [2.45, 2.75) is 31.3 Å². The number of sulfonamides is 1. The fraction of sp³-hybridized carbons (Fsp3) is 0.333. The van der Waals surface area contributed by atoms with Crippen molar-refractivity contribution in [1.82, 2.24) is 10.0 Å². The van der Waals surface area contributed by atoms with E-state index >= 15 is 0 Å². The maximum atomic E-state index is 13.9. The predicted octanol–water partition coefficient (Wildman–Crippen LogP) is 1.72. The van der Waals surface area contributed by atoms with Crippen LogP contribution in [-0.4, -0.2) is 39.7 Å². The summed E-state index contributed by atoms with van der Waals surface area (Å²) >= 11 is 0. The van der Waals surface area contributed by atoms with Crippen LogP contribution in [0.1, 0.15) is 19.4 Å². The lowest BCUT2D eigenvalue weighted by Crippen LogP contribution is -2.46. The quantitative estimate of drug-likeness (QED) is 0.540. The summed E-state index contributed by atoms with van der Waals surface area (Å²) < 4.78 is 56.5. The summed E-state index contributed by atoms with van der Waals surface area (Å²) in [7, 11) is -4.32. The fourth-order valence-corrected chi connectivity index (χ4v) is 4.29. The van der Waals surface area contributed by atoms with Gasteiger partial charge in [0.2, 0.25) is 16.8 Å². The lowest BCUT2D eigenvalue weighted by Gasteiger charge is -2.21. The van der Waals surface area contributed by atoms with Crippen LogP contribution in [0.3, 0.4) is 0 Å². The molecular weight excluding hydrogens is 443 g/mol. The number of hydrogen-bond acceptors (Lipinski definition) is 7. The van der Waals surface area contributed by atoms with Gasteiger partial charge in [-0.05, 0) is 35.7 Å². The van der Waals surface area contributed by atoms with Gasteiger partial charge in [0.1, 0.15) is 16.8 Å². The minimum atomic E-state index is -4.32. The molecule has 172 valence electrons. The highest BCUT2D eigenvalue weighted by molar-refractivity contribution is 7.89. The van der Waals surface area contributed by atoms with Gasteiger partial charge >= 0.3 is 5.97 Å². The summed E-state index contributed by atoms with van der Waals surface area (Å²) in [5, 5.41) is 2.59. The van der Waals surface area contributed by atoms with Crippen LogP contribution in [0.2, 0.25) is 0 Å². The lowest BCUT2D eigenvalue weighted by atomic mass is 10.1. The number of ether oxygens (including phenoxy) is 3. The number of halogens is 1. The number of rotatable bonds is 9. The Balaban J connectivity index is 1.54. The third-order valence-electron chi connectivity index (χ3n) is 4.60. The van der Waals surface area contributed by atoms with E-state index in [4.69, 9.17) is 14.2 Å². The van der Waals surface area contributed by atoms with E-state index in [2.05, 4.69) is 10.0 Å². The van der Waals surface area contributed by atoms with Crippen LogP contribution in [0.15, 0.2) is 47.4 Å². The molecule has 2 aromatic rings. The molecular formula is C21H23FN2O7S. The number of amides is 1. The lowest BCUT2D eigenvalue weighted by molar-refractivity contribution is -0.151. The summed E-state index contributed by atoms with van der Waals surface area (Å²) in [6.45, 7) is 2.89.